The Bertz CT molecular complexity index is 1200. The number of hydrogen-bond acceptors (Lipinski definition) is 6. The van der Waals surface area contributed by atoms with Gasteiger partial charge in [0.15, 0.2) is 6.10 Å². The minimum Gasteiger partial charge on any atom is -0.460 e. The van der Waals surface area contributed by atoms with Crippen LogP contribution in [0.1, 0.15) is 28.3 Å². The first-order chi connectivity index (χ1) is 14.7. The molecule has 0 fully saturated rings. The smallest absolute Gasteiger partial charge is 0.416 e. The van der Waals surface area contributed by atoms with Crippen molar-refractivity contribution in [2.24, 2.45) is 5.73 Å². The minimum atomic E-state index is -5.18. The van der Waals surface area contributed by atoms with Gasteiger partial charge in [0.05, 0.1) is 11.0 Å². The minimum absolute atomic E-state index is 0.330. The Balaban J connectivity index is 1.95. The van der Waals surface area contributed by atoms with E-state index < -0.39 is 80.9 Å². The third-order valence-corrected chi connectivity index (χ3v) is 4.62. The van der Waals surface area contributed by atoms with Gasteiger partial charge in [-0.1, -0.05) is 42.4 Å². The molecule has 0 saturated carbocycles. The maximum atomic E-state index is 13.1. The molecule has 2 aromatic carbocycles. The highest BCUT2D eigenvalue weighted by atomic mass is 32.2. The van der Waals surface area contributed by atoms with Crippen molar-refractivity contribution in [3.05, 3.63) is 82.8 Å². The van der Waals surface area contributed by atoms with E-state index in [1.807, 2.05) is 0 Å². The van der Waals surface area contributed by atoms with E-state index in [4.69, 9.17) is 20.1 Å². The van der Waals surface area contributed by atoms with Gasteiger partial charge in [-0.2, -0.15) is 21.6 Å². The molecule has 1 aliphatic heterocycles. The zero-order chi connectivity index (χ0) is 24.0. The predicted octanol–water partition coefficient (Wildman–Crippen LogP) is 3.02. The number of carbonyl (C=O) groups excluding carboxylic acids is 1. The maximum absolute atomic E-state index is 13.1. The molecule has 0 aliphatic carbocycles. The quantitative estimate of drug-likeness (QED) is 0.752. The monoisotopic (exact) mass is 417 g/mol. The molecule has 1 heterocycles. The number of benzene rings is 2. The standard InChI is InChI=1S/C18H14F3NO5S/c19-18(20,21)13-8-6-12(7-9-13)15-14(23)16(17(22)26-15)27-28(24,25)10-11-4-2-1-3-5-11/h1-9,15H,10,22H2/i6D,7D,8D,9D. The highest BCUT2D eigenvalue weighted by Gasteiger charge is 2.40. The van der Waals surface area contributed by atoms with Crippen molar-refractivity contribution < 1.29 is 40.8 Å². The van der Waals surface area contributed by atoms with Crippen LogP contribution in [0.4, 0.5) is 13.2 Å². The van der Waals surface area contributed by atoms with Crippen LogP contribution < -0.4 is 5.73 Å². The lowest BCUT2D eigenvalue weighted by atomic mass is 10.0. The average Bonchev–Trinajstić information content (AvgIpc) is 2.94. The molecule has 0 bridgehead atoms. The molecule has 28 heavy (non-hydrogen) atoms. The summed E-state index contributed by atoms with van der Waals surface area (Å²) < 4.78 is 105. The Hall–Kier alpha value is -3.01. The van der Waals surface area contributed by atoms with Crippen LogP contribution >= 0.6 is 0 Å². The number of rotatable bonds is 5. The second kappa shape index (κ2) is 7.19. The van der Waals surface area contributed by atoms with Crippen molar-refractivity contribution in [3.8, 4) is 0 Å². The Morgan fingerprint density at radius 1 is 1.14 bits per heavy atom. The molecular weight excluding hydrogens is 399 g/mol. The molecule has 0 radical (unpaired) electrons. The van der Waals surface area contributed by atoms with Gasteiger partial charge in [-0.05, 0) is 17.6 Å². The van der Waals surface area contributed by atoms with Crippen molar-refractivity contribution in [2.75, 3.05) is 0 Å². The number of Topliss-reactive ketones (excluding diaryl/α,β-unsaturated/α-hetero) is 1. The number of carbonyl (C=O) groups is 1. The van der Waals surface area contributed by atoms with E-state index in [0.717, 1.165) is 0 Å². The number of halogens is 3. The van der Waals surface area contributed by atoms with Crippen molar-refractivity contribution in [3.63, 3.8) is 0 Å². The Labute approximate surface area is 164 Å². The van der Waals surface area contributed by atoms with E-state index in [0.29, 0.717) is 5.56 Å². The Kier molecular flexibility index (Phi) is 3.85. The van der Waals surface area contributed by atoms with Gasteiger partial charge in [0.1, 0.15) is 5.75 Å². The van der Waals surface area contributed by atoms with Gasteiger partial charge >= 0.3 is 16.3 Å². The molecule has 1 atom stereocenters. The zero-order valence-corrected chi connectivity index (χ0v) is 14.6. The number of alkyl halides is 3. The van der Waals surface area contributed by atoms with Crippen molar-refractivity contribution in [1.82, 2.24) is 0 Å². The summed E-state index contributed by atoms with van der Waals surface area (Å²) in [6.07, 6.45) is -7.21. The molecule has 2 N–H and O–H groups in total. The number of ether oxygens (including phenoxy) is 1. The van der Waals surface area contributed by atoms with E-state index in [2.05, 4.69) is 0 Å². The molecule has 1 aliphatic rings. The molecule has 0 aromatic heterocycles. The van der Waals surface area contributed by atoms with Crippen LogP contribution in [0.5, 0.6) is 0 Å². The first-order valence-electron chi connectivity index (χ1n) is 9.58. The molecule has 1 unspecified atom stereocenters. The third-order valence-electron chi connectivity index (χ3n) is 3.52. The lowest BCUT2D eigenvalue weighted by Crippen LogP contribution is -2.16. The summed E-state index contributed by atoms with van der Waals surface area (Å²) in [5.41, 5.74) is 3.21. The number of ketones is 1. The summed E-state index contributed by atoms with van der Waals surface area (Å²) >= 11 is 0. The zero-order valence-electron chi connectivity index (χ0n) is 17.8. The first-order valence-corrected chi connectivity index (χ1v) is 9.16. The first kappa shape index (κ1) is 15.0. The van der Waals surface area contributed by atoms with E-state index in [1.54, 1.807) is 18.2 Å². The molecule has 10 heteroatoms. The van der Waals surface area contributed by atoms with Gasteiger partial charge in [-0.3, -0.25) is 4.79 Å². The summed E-state index contributed by atoms with van der Waals surface area (Å²) in [6.45, 7) is 0. The van der Waals surface area contributed by atoms with Gasteiger partial charge < -0.3 is 14.7 Å². The molecular formula is C18H14F3NO5S. The molecule has 6 nitrogen and oxygen atoms in total. The summed E-state index contributed by atoms with van der Waals surface area (Å²) in [5, 5.41) is 0. The van der Waals surface area contributed by atoms with Crippen LogP contribution in [0.3, 0.4) is 0 Å². The molecule has 0 saturated heterocycles. The summed E-state index contributed by atoms with van der Waals surface area (Å²) in [7, 11) is -4.41. The molecule has 0 amide bonds. The fraction of sp³-hybridized carbons (Fsp3) is 0.167. The van der Waals surface area contributed by atoms with Gasteiger partial charge in [-0.15, -0.1) is 0 Å². The topological polar surface area (TPSA) is 95.7 Å². The average molecular weight is 417 g/mol. The van der Waals surface area contributed by atoms with Gasteiger partial charge in [0.2, 0.25) is 17.4 Å². The number of nitrogens with two attached hydrogens (primary N) is 1. The van der Waals surface area contributed by atoms with Crippen LogP contribution in [0, 0.1) is 0 Å². The van der Waals surface area contributed by atoms with Crippen molar-refractivity contribution in [1.29, 1.82) is 0 Å². The third kappa shape index (κ3) is 4.28. The van der Waals surface area contributed by atoms with Crippen LogP contribution in [0.2, 0.25) is 0 Å². The van der Waals surface area contributed by atoms with E-state index >= 15 is 0 Å². The van der Waals surface area contributed by atoms with Gasteiger partial charge in [-0.25, -0.2) is 0 Å². The van der Waals surface area contributed by atoms with E-state index in [9.17, 15) is 26.4 Å². The van der Waals surface area contributed by atoms with E-state index in [-0.39, 0.29) is 0 Å². The number of hydrogen-bond donors (Lipinski definition) is 1. The van der Waals surface area contributed by atoms with Crippen molar-refractivity contribution >= 4 is 15.9 Å². The Morgan fingerprint density at radius 2 is 1.75 bits per heavy atom. The van der Waals surface area contributed by atoms with Crippen LogP contribution in [-0.4, -0.2) is 14.2 Å². The van der Waals surface area contributed by atoms with Crippen LogP contribution in [0.15, 0.2) is 66.1 Å². The second-order valence-electron chi connectivity index (χ2n) is 5.61. The maximum Gasteiger partial charge on any atom is 0.416 e. The van der Waals surface area contributed by atoms with Crippen LogP contribution in [0.25, 0.3) is 0 Å². The molecule has 148 valence electrons. The largest absolute Gasteiger partial charge is 0.460 e. The fourth-order valence-corrected chi connectivity index (χ4v) is 3.35. The second-order valence-corrected chi connectivity index (χ2v) is 7.18. The highest BCUT2D eigenvalue weighted by molar-refractivity contribution is 7.86. The predicted molar refractivity (Wildman–Crippen MR) is 91.6 cm³/mol. The SMILES string of the molecule is [2H]c1c([2H])c(C(F)(F)F)c([2H])c([2H])c1C1OC(N)=C(OS(=O)(=O)Cc2ccccc2)C1=O. The van der Waals surface area contributed by atoms with Crippen LogP contribution in [-0.2, 0) is 35.8 Å². The molecule has 0 spiro atoms. The van der Waals surface area contributed by atoms with Gasteiger partial charge in [0, 0.05) is 5.56 Å². The van der Waals surface area contributed by atoms with Gasteiger partial charge in [0.25, 0.3) is 0 Å². The lowest BCUT2D eigenvalue weighted by molar-refractivity contribution is -0.137. The highest BCUT2D eigenvalue weighted by Crippen LogP contribution is 2.35. The van der Waals surface area contributed by atoms with E-state index in [1.165, 1.54) is 12.1 Å². The Morgan fingerprint density at radius 3 is 2.32 bits per heavy atom. The summed E-state index contributed by atoms with van der Waals surface area (Å²) in [4.78, 5) is 12.7. The molecule has 2 aromatic rings. The van der Waals surface area contributed by atoms with Crippen molar-refractivity contribution in [2.45, 2.75) is 18.0 Å². The summed E-state index contributed by atoms with van der Waals surface area (Å²) in [6, 6.07) is 2.54. The normalized spacial score (nSPS) is 19.5. The molecule has 3 rings (SSSR count). The lowest BCUT2D eigenvalue weighted by Gasteiger charge is -2.12. The summed E-state index contributed by atoms with van der Waals surface area (Å²) in [5.74, 6) is -3.71. The fourth-order valence-electron chi connectivity index (χ4n) is 2.28.